The molecular formula is C12H13N3O2. The molecule has 2 N–H and O–H groups in total. The van der Waals surface area contributed by atoms with Gasteiger partial charge < -0.3 is 15.2 Å². The van der Waals surface area contributed by atoms with Crippen molar-refractivity contribution in [1.82, 2.24) is 9.97 Å². The second-order valence-corrected chi connectivity index (χ2v) is 3.36. The molecule has 1 aromatic carbocycles. The molecule has 5 nitrogen and oxygen atoms in total. The Morgan fingerprint density at radius 2 is 2.12 bits per heavy atom. The first-order valence-electron chi connectivity index (χ1n) is 5.20. The molecule has 5 heteroatoms. The van der Waals surface area contributed by atoms with Crippen molar-refractivity contribution in [2.75, 3.05) is 12.4 Å². The van der Waals surface area contributed by atoms with Crippen LogP contribution in [0.15, 0.2) is 36.7 Å². The van der Waals surface area contributed by atoms with Crippen LogP contribution in [-0.2, 0) is 6.61 Å². The van der Waals surface area contributed by atoms with Gasteiger partial charge in [0.15, 0.2) is 0 Å². The molecule has 2 aromatic rings. The quantitative estimate of drug-likeness (QED) is 0.839. The first kappa shape index (κ1) is 11.3. The maximum atomic E-state index is 9.17. The number of para-hydroxylation sites is 1. The lowest BCUT2D eigenvalue weighted by Crippen LogP contribution is -1.97. The van der Waals surface area contributed by atoms with Gasteiger partial charge in [0.2, 0.25) is 5.88 Å². The molecule has 0 fully saturated rings. The number of benzene rings is 1. The van der Waals surface area contributed by atoms with Crippen LogP contribution in [-0.4, -0.2) is 22.1 Å². The van der Waals surface area contributed by atoms with Gasteiger partial charge in [0.1, 0.15) is 11.6 Å². The van der Waals surface area contributed by atoms with Crippen molar-refractivity contribution >= 4 is 5.82 Å². The number of aromatic nitrogens is 2. The van der Waals surface area contributed by atoms with E-state index in [1.807, 2.05) is 12.1 Å². The molecule has 0 amide bonds. The van der Waals surface area contributed by atoms with Crippen LogP contribution >= 0.6 is 0 Å². The van der Waals surface area contributed by atoms with E-state index in [0.29, 0.717) is 23.0 Å². The molecule has 0 aliphatic heterocycles. The molecule has 0 radical (unpaired) electrons. The fourth-order valence-electron chi connectivity index (χ4n) is 1.36. The second-order valence-electron chi connectivity index (χ2n) is 3.36. The van der Waals surface area contributed by atoms with Crippen molar-refractivity contribution in [2.24, 2.45) is 0 Å². The Morgan fingerprint density at radius 1 is 1.29 bits per heavy atom. The summed E-state index contributed by atoms with van der Waals surface area (Å²) in [5.41, 5.74) is 0.712. The lowest BCUT2D eigenvalue weighted by Gasteiger charge is -2.08. The molecule has 0 atom stereocenters. The highest BCUT2D eigenvalue weighted by Gasteiger charge is 2.04. The number of anilines is 1. The van der Waals surface area contributed by atoms with Crippen LogP contribution in [0.5, 0.6) is 11.6 Å². The van der Waals surface area contributed by atoms with E-state index in [1.54, 1.807) is 25.4 Å². The van der Waals surface area contributed by atoms with Gasteiger partial charge in [0.05, 0.1) is 19.0 Å². The van der Waals surface area contributed by atoms with Gasteiger partial charge in [0, 0.05) is 12.6 Å². The molecule has 0 spiro atoms. The monoisotopic (exact) mass is 231 g/mol. The predicted molar refractivity (Wildman–Crippen MR) is 64.0 cm³/mol. The summed E-state index contributed by atoms with van der Waals surface area (Å²) in [7, 11) is 1.76. The smallest absolute Gasteiger partial charge is 0.239 e. The Balaban J connectivity index is 2.24. The second kappa shape index (κ2) is 5.27. The number of ether oxygens (including phenoxy) is 1. The zero-order valence-electron chi connectivity index (χ0n) is 9.42. The van der Waals surface area contributed by atoms with Crippen molar-refractivity contribution in [3.05, 3.63) is 42.2 Å². The molecule has 17 heavy (non-hydrogen) atoms. The van der Waals surface area contributed by atoms with E-state index < -0.39 is 0 Å². The summed E-state index contributed by atoms with van der Waals surface area (Å²) < 4.78 is 5.57. The van der Waals surface area contributed by atoms with Gasteiger partial charge in [-0.3, -0.25) is 4.98 Å². The molecule has 0 aliphatic carbocycles. The van der Waals surface area contributed by atoms with Crippen molar-refractivity contribution in [1.29, 1.82) is 0 Å². The van der Waals surface area contributed by atoms with Crippen molar-refractivity contribution < 1.29 is 9.84 Å². The third kappa shape index (κ3) is 2.70. The van der Waals surface area contributed by atoms with Crippen LogP contribution in [0.4, 0.5) is 5.82 Å². The molecule has 1 aromatic heterocycles. The van der Waals surface area contributed by atoms with E-state index in [1.165, 1.54) is 6.20 Å². The Bertz CT molecular complexity index is 503. The van der Waals surface area contributed by atoms with Gasteiger partial charge in [-0.1, -0.05) is 18.2 Å². The van der Waals surface area contributed by atoms with Gasteiger partial charge in [-0.2, -0.15) is 4.98 Å². The highest BCUT2D eigenvalue weighted by atomic mass is 16.5. The Labute approximate surface area is 99.1 Å². The van der Waals surface area contributed by atoms with Gasteiger partial charge in [-0.25, -0.2) is 0 Å². The van der Waals surface area contributed by atoms with E-state index >= 15 is 0 Å². The van der Waals surface area contributed by atoms with Crippen molar-refractivity contribution in [3.8, 4) is 11.6 Å². The van der Waals surface area contributed by atoms with E-state index in [9.17, 15) is 0 Å². The number of nitrogens with zero attached hydrogens (tertiary/aromatic N) is 2. The Morgan fingerprint density at radius 3 is 2.88 bits per heavy atom. The van der Waals surface area contributed by atoms with Gasteiger partial charge >= 0.3 is 0 Å². The van der Waals surface area contributed by atoms with E-state index in [4.69, 9.17) is 9.84 Å². The first-order chi connectivity index (χ1) is 8.33. The molecule has 0 bridgehead atoms. The number of aliphatic hydroxyl groups excluding tert-OH is 1. The van der Waals surface area contributed by atoms with Crippen LogP contribution in [0.1, 0.15) is 5.56 Å². The summed E-state index contributed by atoms with van der Waals surface area (Å²) >= 11 is 0. The molecule has 88 valence electrons. The molecular weight excluding hydrogens is 218 g/mol. The van der Waals surface area contributed by atoms with E-state index in [0.717, 1.165) is 0 Å². The number of rotatable bonds is 4. The first-order valence-corrected chi connectivity index (χ1v) is 5.20. The van der Waals surface area contributed by atoms with Gasteiger partial charge in [0.25, 0.3) is 0 Å². The van der Waals surface area contributed by atoms with E-state index in [2.05, 4.69) is 15.3 Å². The molecule has 0 unspecified atom stereocenters. The predicted octanol–water partition coefficient (Wildman–Crippen LogP) is 1.80. The highest BCUT2D eigenvalue weighted by Crippen LogP contribution is 2.23. The largest absolute Gasteiger partial charge is 0.437 e. The van der Waals surface area contributed by atoms with Crippen LogP contribution in [0, 0.1) is 0 Å². The third-order valence-electron chi connectivity index (χ3n) is 2.23. The fraction of sp³-hybridized carbons (Fsp3) is 0.167. The minimum absolute atomic E-state index is 0.0741. The summed E-state index contributed by atoms with van der Waals surface area (Å²) in [4.78, 5) is 8.18. The lowest BCUT2D eigenvalue weighted by atomic mass is 10.2. The zero-order valence-corrected chi connectivity index (χ0v) is 9.42. The average molecular weight is 231 g/mol. The number of hydrogen-bond acceptors (Lipinski definition) is 5. The molecule has 0 aliphatic rings. The maximum Gasteiger partial charge on any atom is 0.239 e. The summed E-state index contributed by atoms with van der Waals surface area (Å²) in [6, 6.07) is 7.25. The van der Waals surface area contributed by atoms with E-state index in [-0.39, 0.29) is 6.61 Å². The normalized spacial score (nSPS) is 10.0. The highest BCUT2D eigenvalue weighted by molar-refractivity contribution is 5.37. The summed E-state index contributed by atoms with van der Waals surface area (Å²) in [5.74, 6) is 1.60. The Kier molecular flexibility index (Phi) is 3.52. The Hall–Kier alpha value is -2.14. The van der Waals surface area contributed by atoms with Crippen molar-refractivity contribution in [3.63, 3.8) is 0 Å². The van der Waals surface area contributed by atoms with Crippen LogP contribution < -0.4 is 10.1 Å². The SMILES string of the molecule is CNc1cncc(Oc2ccccc2CO)n1. The average Bonchev–Trinajstić information content (AvgIpc) is 2.39. The third-order valence-corrected chi connectivity index (χ3v) is 2.23. The van der Waals surface area contributed by atoms with Crippen LogP contribution in [0.25, 0.3) is 0 Å². The van der Waals surface area contributed by atoms with Crippen LogP contribution in [0.2, 0.25) is 0 Å². The van der Waals surface area contributed by atoms with Gasteiger partial charge in [-0.15, -0.1) is 0 Å². The van der Waals surface area contributed by atoms with Gasteiger partial charge in [-0.05, 0) is 6.07 Å². The topological polar surface area (TPSA) is 67.3 Å². The summed E-state index contributed by atoms with van der Waals surface area (Å²) in [6.45, 7) is -0.0741. The number of hydrogen-bond donors (Lipinski definition) is 2. The zero-order chi connectivity index (χ0) is 12.1. The molecule has 2 rings (SSSR count). The minimum atomic E-state index is -0.0741. The standard InChI is InChI=1S/C12H13N3O2/c1-13-11-6-14-7-12(15-11)17-10-5-3-2-4-9(10)8-16/h2-7,16H,8H2,1H3,(H,13,15). The molecule has 0 saturated carbocycles. The molecule has 0 saturated heterocycles. The van der Waals surface area contributed by atoms with Crippen molar-refractivity contribution in [2.45, 2.75) is 6.61 Å². The summed E-state index contributed by atoms with van der Waals surface area (Å²) in [6.07, 6.45) is 3.12. The molecule has 1 heterocycles. The number of nitrogens with one attached hydrogen (secondary N) is 1. The summed E-state index contributed by atoms with van der Waals surface area (Å²) in [5, 5.41) is 12.0. The lowest BCUT2D eigenvalue weighted by molar-refractivity contribution is 0.276. The minimum Gasteiger partial charge on any atom is -0.437 e. The van der Waals surface area contributed by atoms with Crippen LogP contribution in [0.3, 0.4) is 0 Å². The maximum absolute atomic E-state index is 9.17. The fourth-order valence-corrected chi connectivity index (χ4v) is 1.36. The number of aliphatic hydroxyl groups is 1.